The summed E-state index contributed by atoms with van der Waals surface area (Å²) >= 11 is 0. The normalized spacial score (nSPS) is 30.1. The minimum atomic E-state index is -4.88. The fraction of sp³-hybridized carbons (Fsp3) is 0.286. The molecule has 0 saturated carbocycles. The van der Waals surface area contributed by atoms with Gasteiger partial charge in [-0.15, -0.1) is 0 Å². The standard InChI is InChI=1S/C42H31O5P/c43-41-37-33-15-35(31-13-27-23-9-21(25(27)11-29(31)33)17-5-1-3-7-19(17)23)39(37)42(47-48(44,45)46)40-36-16-34(38(40)41)30-12-26-22-10-24(28(26)14-32(30)36)20-8-4-2-6-18(20)22/h1-8,11-14,21-24,33-36,43H,9-10,15-16H2,(H2,44,45,46)/t21-,22+,23+,24-,33-,34-,35+,36+/m1/s1. The van der Waals surface area contributed by atoms with Crippen molar-refractivity contribution in [2.75, 3.05) is 0 Å². The maximum absolute atomic E-state index is 12.7. The number of fused-ring (bicyclic) bond motifs is 32. The summed E-state index contributed by atoms with van der Waals surface area (Å²) in [6.45, 7) is 0. The van der Waals surface area contributed by atoms with Gasteiger partial charge in [0.15, 0.2) is 0 Å². The Hall–Kier alpha value is -4.15. The van der Waals surface area contributed by atoms with Crippen LogP contribution in [0.15, 0.2) is 72.8 Å². The van der Waals surface area contributed by atoms with Gasteiger partial charge in [-0.05, 0) is 92.4 Å². The zero-order chi connectivity index (χ0) is 31.5. The molecule has 8 aliphatic carbocycles. The Morgan fingerprint density at radius 2 is 0.750 bits per heavy atom. The van der Waals surface area contributed by atoms with Crippen molar-refractivity contribution >= 4 is 7.82 Å². The van der Waals surface area contributed by atoms with E-state index < -0.39 is 7.82 Å². The highest BCUT2D eigenvalue weighted by Crippen LogP contribution is 2.72. The summed E-state index contributed by atoms with van der Waals surface area (Å²) < 4.78 is 18.5. The quantitative estimate of drug-likeness (QED) is 0.167. The summed E-state index contributed by atoms with van der Waals surface area (Å²) in [5.41, 5.74) is 19.9. The van der Waals surface area contributed by atoms with Gasteiger partial charge in [-0.25, -0.2) is 4.57 Å². The number of phosphoric acid groups is 1. The van der Waals surface area contributed by atoms with E-state index in [0.29, 0.717) is 35.2 Å². The number of phosphoric ester groups is 1. The summed E-state index contributed by atoms with van der Waals surface area (Å²) in [4.78, 5) is 20.7. The molecule has 0 heterocycles. The average Bonchev–Trinajstić information content (AvgIpc) is 3.95. The number of hydrogen-bond donors (Lipinski definition) is 3. The lowest BCUT2D eigenvalue weighted by Crippen LogP contribution is -2.15. The molecule has 234 valence electrons. The Balaban J connectivity index is 0.995. The average molecular weight is 647 g/mol. The molecule has 6 heteroatoms. The summed E-state index contributed by atoms with van der Waals surface area (Å²) in [6, 6.07) is 27.4. The van der Waals surface area contributed by atoms with Crippen molar-refractivity contribution in [3.8, 4) is 11.5 Å². The van der Waals surface area contributed by atoms with Crippen LogP contribution in [0.1, 0.15) is 162 Å². The smallest absolute Gasteiger partial charge is 0.507 e. The molecule has 5 nitrogen and oxygen atoms in total. The Morgan fingerprint density at radius 1 is 0.458 bits per heavy atom. The van der Waals surface area contributed by atoms with Gasteiger partial charge in [0, 0.05) is 69.6 Å². The topological polar surface area (TPSA) is 87.0 Å². The number of hydrogen-bond acceptors (Lipinski definition) is 3. The molecule has 8 aliphatic rings. The molecule has 8 bridgehead atoms. The molecule has 5 aromatic carbocycles. The Bertz CT molecular complexity index is 2320. The second-order valence-electron chi connectivity index (χ2n) is 15.8. The summed E-state index contributed by atoms with van der Waals surface area (Å²) in [5, 5.41) is 12.4. The summed E-state index contributed by atoms with van der Waals surface area (Å²) in [7, 11) is -4.88. The zero-order valence-electron chi connectivity index (χ0n) is 26.0. The molecule has 0 fully saturated rings. The van der Waals surface area contributed by atoms with Crippen molar-refractivity contribution in [2.24, 2.45) is 0 Å². The van der Waals surface area contributed by atoms with Gasteiger partial charge in [0.2, 0.25) is 0 Å². The van der Waals surface area contributed by atoms with E-state index in [2.05, 4.69) is 72.8 Å². The molecule has 0 aliphatic heterocycles. The predicted molar refractivity (Wildman–Crippen MR) is 180 cm³/mol. The van der Waals surface area contributed by atoms with Crippen LogP contribution in [-0.2, 0) is 4.57 Å². The molecule has 0 aromatic heterocycles. The van der Waals surface area contributed by atoms with E-state index in [1.54, 1.807) is 0 Å². The van der Waals surface area contributed by atoms with Crippen LogP contribution in [0.3, 0.4) is 0 Å². The third-order valence-electron chi connectivity index (χ3n) is 14.1. The van der Waals surface area contributed by atoms with E-state index in [1.807, 2.05) is 0 Å². The second kappa shape index (κ2) is 8.00. The van der Waals surface area contributed by atoms with Crippen molar-refractivity contribution in [3.63, 3.8) is 0 Å². The molecular formula is C42H31O5P. The van der Waals surface area contributed by atoms with E-state index in [0.717, 1.165) is 47.9 Å². The van der Waals surface area contributed by atoms with Gasteiger partial charge in [-0.3, -0.25) is 9.79 Å². The first-order valence-electron chi connectivity index (χ1n) is 17.5. The van der Waals surface area contributed by atoms with Gasteiger partial charge in [0.25, 0.3) is 0 Å². The van der Waals surface area contributed by atoms with Crippen molar-refractivity contribution < 1.29 is 24.0 Å². The van der Waals surface area contributed by atoms with Crippen LogP contribution in [0, 0.1) is 0 Å². The Labute approximate surface area is 277 Å². The number of benzene rings is 5. The van der Waals surface area contributed by atoms with Crippen molar-refractivity contribution in [1.29, 1.82) is 0 Å². The van der Waals surface area contributed by atoms with Crippen LogP contribution in [0.4, 0.5) is 0 Å². The maximum atomic E-state index is 12.7. The lowest BCUT2D eigenvalue weighted by molar-refractivity contribution is 0.280. The molecule has 0 saturated heterocycles. The largest absolute Gasteiger partial charge is 0.524 e. The molecule has 13 rings (SSSR count). The lowest BCUT2D eigenvalue weighted by Gasteiger charge is -2.32. The van der Waals surface area contributed by atoms with E-state index in [-0.39, 0.29) is 23.7 Å². The first kappa shape index (κ1) is 25.8. The van der Waals surface area contributed by atoms with Gasteiger partial charge in [-0.1, -0.05) is 72.8 Å². The van der Waals surface area contributed by atoms with Gasteiger partial charge in [0.05, 0.1) is 0 Å². The maximum Gasteiger partial charge on any atom is 0.524 e. The number of aromatic hydroxyl groups is 1. The zero-order valence-corrected chi connectivity index (χ0v) is 26.9. The minimum absolute atomic E-state index is 0.00468. The minimum Gasteiger partial charge on any atom is -0.507 e. The van der Waals surface area contributed by atoms with Crippen molar-refractivity contribution in [1.82, 2.24) is 0 Å². The highest BCUT2D eigenvalue weighted by atomic mass is 31.2. The summed E-state index contributed by atoms with van der Waals surface area (Å²) in [6.07, 6.45) is 3.85. The first-order valence-corrected chi connectivity index (χ1v) is 19.1. The number of phenolic OH excluding ortho intramolecular Hbond substituents is 1. The summed E-state index contributed by atoms with van der Waals surface area (Å²) in [5.74, 6) is 2.22. The third-order valence-corrected chi connectivity index (χ3v) is 14.6. The van der Waals surface area contributed by atoms with Gasteiger partial charge < -0.3 is 9.63 Å². The fourth-order valence-electron chi connectivity index (χ4n) is 12.7. The first-order chi connectivity index (χ1) is 23.3. The van der Waals surface area contributed by atoms with Crippen LogP contribution in [0.5, 0.6) is 11.5 Å². The lowest BCUT2D eigenvalue weighted by atomic mass is 9.74. The Kier molecular flexibility index (Phi) is 4.30. The fourth-order valence-corrected chi connectivity index (χ4v) is 13.1. The van der Waals surface area contributed by atoms with E-state index >= 15 is 0 Å². The molecule has 0 unspecified atom stereocenters. The van der Waals surface area contributed by atoms with Gasteiger partial charge >= 0.3 is 7.82 Å². The molecule has 5 aromatic rings. The molecule has 0 radical (unpaired) electrons. The van der Waals surface area contributed by atoms with Crippen LogP contribution < -0.4 is 4.52 Å². The molecular weight excluding hydrogens is 615 g/mol. The molecule has 48 heavy (non-hydrogen) atoms. The predicted octanol–water partition coefficient (Wildman–Crippen LogP) is 8.79. The SMILES string of the molecule is O=P(O)(O)Oc1c2c(c(O)c3c1[C@H]1C[C@@H]3c3cc4c(cc31)[C@H]1C[C@@H]4c3ccccc31)[C@@H]1C[C@H]2c2cc3c(cc21)[C@H]1C[C@@H]3c2ccccc21. The van der Waals surface area contributed by atoms with Gasteiger partial charge in [-0.2, -0.15) is 0 Å². The van der Waals surface area contributed by atoms with Crippen LogP contribution in [0.2, 0.25) is 0 Å². The van der Waals surface area contributed by atoms with Gasteiger partial charge in [0.1, 0.15) is 11.5 Å². The molecule has 0 spiro atoms. The molecule has 0 amide bonds. The van der Waals surface area contributed by atoms with Crippen molar-refractivity contribution in [3.05, 3.63) is 162 Å². The van der Waals surface area contributed by atoms with E-state index in [9.17, 15) is 19.5 Å². The highest BCUT2D eigenvalue weighted by molar-refractivity contribution is 7.46. The van der Waals surface area contributed by atoms with Crippen LogP contribution in [0.25, 0.3) is 0 Å². The van der Waals surface area contributed by atoms with E-state index in [4.69, 9.17) is 4.52 Å². The van der Waals surface area contributed by atoms with Crippen LogP contribution >= 0.6 is 7.82 Å². The number of phenols is 1. The Morgan fingerprint density at radius 3 is 1.08 bits per heavy atom. The highest BCUT2D eigenvalue weighted by Gasteiger charge is 2.55. The second-order valence-corrected chi connectivity index (χ2v) is 16.9. The number of rotatable bonds is 2. The monoisotopic (exact) mass is 646 g/mol. The van der Waals surface area contributed by atoms with Crippen molar-refractivity contribution in [2.45, 2.75) is 73.0 Å². The third kappa shape index (κ3) is 2.77. The van der Waals surface area contributed by atoms with Crippen LogP contribution in [-0.4, -0.2) is 14.9 Å². The van der Waals surface area contributed by atoms with E-state index in [1.165, 1.54) is 66.8 Å². The molecule has 3 N–H and O–H groups in total. The molecule has 8 atom stereocenters.